The first-order valence-corrected chi connectivity index (χ1v) is 19.4. The SMILES string of the molecule is CC(=O)O[C@@H](C1C[C@@H](C)[C@H]2C(O1)C(O)[C@@]1(N)C3CC[C@H]4C(C)(C)[C@@H](O[C@H]5CN(C6COC6)CCO5)CCC45C[C@@]35CCC21C)C(C)(C)C. The van der Waals surface area contributed by atoms with E-state index >= 15 is 0 Å². The first-order valence-electron chi connectivity index (χ1n) is 19.4. The number of aliphatic hydroxyl groups excluding tert-OH is 1. The number of morpholine rings is 1. The second-order valence-corrected chi connectivity index (χ2v) is 19.7. The van der Waals surface area contributed by atoms with Gasteiger partial charge in [-0.15, -0.1) is 0 Å². The molecule has 3 aliphatic heterocycles. The molecule has 3 saturated heterocycles. The smallest absolute Gasteiger partial charge is 0.303 e. The van der Waals surface area contributed by atoms with Crippen LogP contribution < -0.4 is 5.73 Å². The van der Waals surface area contributed by atoms with Crippen LogP contribution in [0.15, 0.2) is 0 Å². The van der Waals surface area contributed by atoms with Crippen LogP contribution in [0.5, 0.6) is 0 Å². The van der Waals surface area contributed by atoms with Crippen molar-refractivity contribution >= 4 is 5.97 Å². The lowest BCUT2D eigenvalue weighted by atomic mass is 9.43. The Morgan fingerprint density at radius 3 is 2.42 bits per heavy atom. The van der Waals surface area contributed by atoms with E-state index in [0.29, 0.717) is 17.9 Å². The molecule has 5 aliphatic carbocycles. The van der Waals surface area contributed by atoms with Gasteiger partial charge in [-0.05, 0) is 96.7 Å². The maximum Gasteiger partial charge on any atom is 0.303 e. The Morgan fingerprint density at radius 1 is 1.04 bits per heavy atom. The third-order valence-corrected chi connectivity index (χ3v) is 16.3. The fraction of sp³-hybridized carbons (Fsp3) is 0.974. The fourth-order valence-electron chi connectivity index (χ4n) is 14.0. The van der Waals surface area contributed by atoms with Gasteiger partial charge in [0.15, 0.2) is 6.29 Å². The second-order valence-electron chi connectivity index (χ2n) is 19.7. The maximum atomic E-state index is 12.5. The van der Waals surface area contributed by atoms with E-state index < -0.39 is 11.6 Å². The largest absolute Gasteiger partial charge is 0.459 e. The van der Waals surface area contributed by atoms with Crippen LogP contribution in [0.2, 0.25) is 0 Å². The molecule has 272 valence electrons. The summed E-state index contributed by atoms with van der Waals surface area (Å²) in [5.74, 6) is 1.05. The van der Waals surface area contributed by atoms with Gasteiger partial charge in [0.2, 0.25) is 0 Å². The van der Waals surface area contributed by atoms with E-state index in [9.17, 15) is 9.90 Å². The molecule has 8 aliphatic rings. The number of ether oxygens (including phenoxy) is 5. The normalized spacial score (nSPS) is 52.1. The molecule has 0 amide bonds. The molecule has 9 heteroatoms. The number of nitrogens with two attached hydrogens (primary N) is 1. The zero-order chi connectivity index (χ0) is 34.2. The van der Waals surface area contributed by atoms with Crippen LogP contribution in [0, 0.1) is 50.7 Å². The van der Waals surface area contributed by atoms with Crippen molar-refractivity contribution in [2.45, 2.75) is 155 Å². The molecule has 0 radical (unpaired) electrons. The van der Waals surface area contributed by atoms with Crippen LogP contribution in [-0.4, -0.2) is 97.3 Å². The zero-order valence-corrected chi connectivity index (χ0v) is 31.0. The number of esters is 1. The van der Waals surface area contributed by atoms with Gasteiger partial charge in [-0.25, -0.2) is 0 Å². The predicted molar refractivity (Wildman–Crippen MR) is 181 cm³/mol. The Bertz CT molecular complexity index is 1280. The number of carbonyl (C=O) groups is 1. The van der Waals surface area contributed by atoms with Gasteiger partial charge in [-0.1, -0.05) is 48.5 Å². The zero-order valence-electron chi connectivity index (χ0n) is 31.0. The minimum Gasteiger partial charge on any atom is -0.459 e. The summed E-state index contributed by atoms with van der Waals surface area (Å²) >= 11 is 0. The molecule has 8 fully saturated rings. The minimum absolute atomic E-state index is 0.0340. The Hall–Kier alpha value is -0.810. The number of hydrogen-bond acceptors (Lipinski definition) is 9. The maximum absolute atomic E-state index is 12.5. The van der Waals surface area contributed by atoms with Gasteiger partial charge in [-0.3, -0.25) is 9.69 Å². The molecule has 3 N–H and O–H groups in total. The molecule has 0 aromatic heterocycles. The molecule has 8 rings (SSSR count). The summed E-state index contributed by atoms with van der Waals surface area (Å²) in [6.07, 6.45) is 6.95. The Labute approximate surface area is 288 Å². The molecule has 0 aromatic carbocycles. The quantitative estimate of drug-likeness (QED) is 0.394. The van der Waals surface area contributed by atoms with E-state index in [0.717, 1.165) is 65.0 Å². The molecule has 6 unspecified atom stereocenters. The highest BCUT2D eigenvalue weighted by Gasteiger charge is 2.85. The van der Waals surface area contributed by atoms with Crippen LogP contribution in [0.4, 0.5) is 0 Å². The topological polar surface area (TPSA) is 113 Å². The average molecular weight is 673 g/mol. The van der Waals surface area contributed by atoms with Crippen LogP contribution in [0.25, 0.3) is 0 Å². The van der Waals surface area contributed by atoms with Crippen molar-refractivity contribution in [2.75, 3.05) is 32.9 Å². The number of aliphatic hydroxyl groups is 1. The van der Waals surface area contributed by atoms with Crippen molar-refractivity contribution in [3.05, 3.63) is 0 Å². The van der Waals surface area contributed by atoms with Gasteiger partial charge in [0.1, 0.15) is 6.10 Å². The summed E-state index contributed by atoms with van der Waals surface area (Å²) in [4.78, 5) is 14.7. The monoisotopic (exact) mass is 672 g/mol. The molecule has 48 heavy (non-hydrogen) atoms. The molecule has 0 bridgehead atoms. The Kier molecular flexibility index (Phi) is 7.93. The first kappa shape index (κ1) is 34.3. The highest BCUT2D eigenvalue weighted by molar-refractivity contribution is 5.66. The number of nitrogens with zero attached hydrogens (tertiary/aromatic N) is 1. The molecule has 5 saturated carbocycles. The molecule has 0 aromatic rings. The standard InChI is InChI=1S/C39H64N2O7/c1-22-17-25(33(34(3,4)5)46-23(2)42)47-31-30(22)36(8)13-14-38-21-37(38)12-11-28(48-29-18-41(15-16-45-29)24-19-44-20-24)35(6,7)26(37)9-10-27(38)39(36,40)32(31)43/h22,24-33,43H,9-21,40H2,1-8H3/t22-,25?,26+,27?,28+,29+,30+,31?,32?,33+,36?,37?,38+,39+/m1/s1. The third kappa shape index (κ3) is 4.55. The van der Waals surface area contributed by atoms with Gasteiger partial charge in [0.05, 0.1) is 62.4 Å². The lowest BCUT2D eigenvalue weighted by molar-refractivity contribution is -0.254. The van der Waals surface area contributed by atoms with Crippen molar-refractivity contribution < 1.29 is 33.6 Å². The van der Waals surface area contributed by atoms with Gasteiger partial charge >= 0.3 is 5.97 Å². The summed E-state index contributed by atoms with van der Waals surface area (Å²) in [5.41, 5.74) is 7.12. The lowest BCUT2D eigenvalue weighted by Crippen LogP contribution is -2.70. The van der Waals surface area contributed by atoms with Crippen molar-refractivity contribution in [3.63, 3.8) is 0 Å². The first-order chi connectivity index (χ1) is 22.5. The summed E-state index contributed by atoms with van der Waals surface area (Å²) in [5, 5.41) is 12.5. The Morgan fingerprint density at radius 2 is 1.75 bits per heavy atom. The third-order valence-electron chi connectivity index (χ3n) is 16.3. The van der Waals surface area contributed by atoms with Crippen molar-refractivity contribution in [3.8, 4) is 0 Å². The lowest BCUT2D eigenvalue weighted by Gasteiger charge is -2.63. The summed E-state index contributed by atoms with van der Waals surface area (Å²) in [6.45, 7) is 21.6. The number of rotatable bonds is 5. The minimum atomic E-state index is -0.743. The highest BCUT2D eigenvalue weighted by Crippen LogP contribution is 2.87. The van der Waals surface area contributed by atoms with Gasteiger partial charge in [0.25, 0.3) is 0 Å². The van der Waals surface area contributed by atoms with E-state index in [1.54, 1.807) is 0 Å². The summed E-state index contributed by atoms with van der Waals surface area (Å²) in [7, 11) is 0. The van der Waals surface area contributed by atoms with Crippen LogP contribution in [0.1, 0.15) is 107 Å². The summed E-state index contributed by atoms with van der Waals surface area (Å²) < 4.78 is 31.4. The fourth-order valence-corrected chi connectivity index (χ4v) is 14.0. The van der Waals surface area contributed by atoms with Gasteiger partial charge in [-0.2, -0.15) is 0 Å². The van der Waals surface area contributed by atoms with Gasteiger partial charge in [0, 0.05) is 18.9 Å². The highest BCUT2D eigenvalue weighted by atomic mass is 16.7. The van der Waals surface area contributed by atoms with Crippen molar-refractivity contribution in [1.29, 1.82) is 0 Å². The van der Waals surface area contributed by atoms with E-state index in [1.807, 2.05) is 0 Å². The second kappa shape index (κ2) is 11.1. The van der Waals surface area contributed by atoms with Crippen molar-refractivity contribution in [2.24, 2.45) is 56.5 Å². The number of hydrogen-bond donors (Lipinski definition) is 2. The van der Waals surface area contributed by atoms with Crippen LogP contribution in [0.3, 0.4) is 0 Å². The molecule has 9 nitrogen and oxygen atoms in total. The number of carbonyl (C=O) groups excluding carboxylic acids is 1. The molecule has 14 atom stereocenters. The van der Waals surface area contributed by atoms with Crippen LogP contribution >= 0.6 is 0 Å². The van der Waals surface area contributed by atoms with Crippen molar-refractivity contribution in [1.82, 2.24) is 4.90 Å². The molecule has 2 spiro atoms. The predicted octanol–water partition coefficient (Wildman–Crippen LogP) is 4.91. The van der Waals surface area contributed by atoms with E-state index in [1.165, 1.54) is 26.2 Å². The molecular formula is C39H64N2O7. The van der Waals surface area contributed by atoms with Crippen LogP contribution in [-0.2, 0) is 28.5 Å². The summed E-state index contributed by atoms with van der Waals surface area (Å²) in [6, 6.07) is 0.507. The Balaban J connectivity index is 1.03. The number of fused-ring (bicyclic) bond motifs is 4. The average Bonchev–Trinajstić information content (AvgIpc) is 3.61. The van der Waals surface area contributed by atoms with E-state index in [-0.39, 0.29) is 75.6 Å². The molecular weight excluding hydrogens is 608 g/mol. The van der Waals surface area contributed by atoms with E-state index in [4.69, 9.17) is 29.4 Å². The van der Waals surface area contributed by atoms with E-state index in [2.05, 4.69) is 53.4 Å². The van der Waals surface area contributed by atoms with Gasteiger partial charge < -0.3 is 34.5 Å². The molecule has 3 heterocycles.